The Kier molecular flexibility index (Phi) is 4.57. The first-order chi connectivity index (χ1) is 10.6. The lowest BCUT2D eigenvalue weighted by atomic mass is 10.0. The summed E-state index contributed by atoms with van der Waals surface area (Å²) in [5.41, 5.74) is 11.9. The zero-order valence-electron chi connectivity index (χ0n) is 13.0. The molecule has 1 aromatic carbocycles. The van der Waals surface area contributed by atoms with Gasteiger partial charge >= 0.3 is 0 Å². The largest absolute Gasteiger partial charge is 0.353 e. The number of rotatable bonds is 5. The summed E-state index contributed by atoms with van der Waals surface area (Å²) in [7, 11) is 0. The molecule has 4 heteroatoms. The van der Waals surface area contributed by atoms with Gasteiger partial charge in [-0.25, -0.2) is 0 Å². The van der Waals surface area contributed by atoms with Crippen LogP contribution < -0.4 is 5.73 Å². The van der Waals surface area contributed by atoms with Crippen molar-refractivity contribution in [2.75, 3.05) is 6.54 Å². The number of halogens is 1. The second kappa shape index (κ2) is 6.45. The Labute approximate surface area is 140 Å². The maximum absolute atomic E-state index is 6.52. The molecule has 3 aromatic rings. The van der Waals surface area contributed by atoms with Crippen LogP contribution in [-0.4, -0.2) is 11.5 Å². The molecule has 0 aliphatic rings. The number of hydrogen-bond acceptors (Lipinski definition) is 2. The van der Waals surface area contributed by atoms with Gasteiger partial charge in [-0.15, -0.1) is 11.3 Å². The standard InChI is InChI=1S/C18H21ClN2S/c1-11-6-7-14(19)15-13(5-3-4-9-20)17(21-16(11)15)18-12(2)8-10-22-18/h6-8,10,21H,3-5,9,20H2,1-2H3. The van der Waals surface area contributed by atoms with Crippen LogP contribution in [0.1, 0.15) is 29.5 Å². The van der Waals surface area contributed by atoms with Gasteiger partial charge in [0, 0.05) is 5.39 Å². The molecule has 0 fully saturated rings. The van der Waals surface area contributed by atoms with Crippen molar-refractivity contribution in [1.82, 2.24) is 4.98 Å². The minimum atomic E-state index is 0.739. The topological polar surface area (TPSA) is 41.8 Å². The maximum Gasteiger partial charge on any atom is 0.0602 e. The summed E-state index contributed by atoms with van der Waals surface area (Å²) in [5, 5.41) is 4.16. The van der Waals surface area contributed by atoms with E-state index >= 15 is 0 Å². The predicted octanol–water partition coefficient (Wildman–Crippen LogP) is 5.45. The molecule has 3 N–H and O–H groups in total. The molecule has 0 atom stereocenters. The molecule has 3 rings (SSSR count). The fourth-order valence-electron chi connectivity index (χ4n) is 2.98. The van der Waals surface area contributed by atoms with Crippen LogP contribution in [0.15, 0.2) is 23.6 Å². The molecule has 0 saturated heterocycles. The number of benzene rings is 1. The molecule has 0 spiro atoms. The number of aromatic nitrogens is 1. The number of fused-ring (bicyclic) bond motifs is 1. The number of H-pyrrole nitrogens is 1. The predicted molar refractivity (Wildman–Crippen MR) is 98.1 cm³/mol. The molecule has 2 heterocycles. The monoisotopic (exact) mass is 332 g/mol. The Hall–Kier alpha value is -1.29. The molecule has 0 radical (unpaired) electrons. The average molecular weight is 333 g/mol. The van der Waals surface area contributed by atoms with Crippen molar-refractivity contribution in [2.24, 2.45) is 5.73 Å². The molecule has 0 saturated carbocycles. The van der Waals surface area contributed by atoms with E-state index < -0.39 is 0 Å². The first-order valence-corrected chi connectivity index (χ1v) is 8.93. The SMILES string of the molecule is Cc1ccsc1-c1[nH]c2c(C)ccc(Cl)c2c1CCCCN. The lowest BCUT2D eigenvalue weighted by molar-refractivity contribution is 0.748. The van der Waals surface area contributed by atoms with Crippen LogP contribution >= 0.6 is 22.9 Å². The second-order valence-electron chi connectivity index (χ2n) is 5.77. The first-order valence-electron chi connectivity index (χ1n) is 7.67. The molecule has 116 valence electrons. The number of nitrogens with one attached hydrogen (secondary N) is 1. The van der Waals surface area contributed by atoms with Crippen LogP contribution in [-0.2, 0) is 6.42 Å². The highest BCUT2D eigenvalue weighted by Gasteiger charge is 2.18. The lowest BCUT2D eigenvalue weighted by Gasteiger charge is -2.05. The van der Waals surface area contributed by atoms with E-state index in [-0.39, 0.29) is 0 Å². The van der Waals surface area contributed by atoms with E-state index in [1.54, 1.807) is 11.3 Å². The summed E-state index contributed by atoms with van der Waals surface area (Å²) in [6, 6.07) is 6.25. The number of thiophene rings is 1. The quantitative estimate of drug-likeness (QED) is 0.599. The van der Waals surface area contributed by atoms with Crippen LogP contribution in [0.4, 0.5) is 0 Å². The first kappa shape index (κ1) is 15.6. The van der Waals surface area contributed by atoms with E-state index in [1.165, 1.54) is 32.6 Å². The van der Waals surface area contributed by atoms with E-state index in [9.17, 15) is 0 Å². The summed E-state index contributed by atoms with van der Waals surface area (Å²) >= 11 is 8.30. The van der Waals surface area contributed by atoms with Gasteiger partial charge in [0.25, 0.3) is 0 Å². The fraction of sp³-hybridized carbons (Fsp3) is 0.333. The molecule has 0 unspecified atom stereocenters. The molecule has 22 heavy (non-hydrogen) atoms. The third-order valence-electron chi connectivity index (χ3n) is 4.19. The highest BCUT2D eigenvalue weighted by Crippen LogP contribution is 2.39. The second-order valence-corrected chi connectivity index (χ2v) is 7.09. The van der Waals surface area contributed by atoms with Crippen LogP contribution in [0, 0.1) is 13.8 Å². The molecular weight excluding hydrogens is 312 g/mol. The fourth-order valence-corrected chi connectivity index (χ4v) is 4.21. The zero-order chi connectivity index (χ0) is 15.7. The smallest absolute Gasteiger partial charge is 0.0602 e. The Morgan fingerprint density at radius 1 is 1.14 bits per heavy atom. The third-order valence-corrected chi connectivity index (χ3v) is 5.54. The zero-order valence-corrected chi connectivity index (χ0v) is 14.6. The van der Waals surface area contributed by atoms with Crippen LogP contribution in [0.25, 0.3) is 21.5 Å². The van der Waals surface area contributed by atoms with E-state index in [0.717, 1.165) is 36.3 Å². The highest BCUT2D eigenvalue weighted by molar-refractivity contribution is 7.13. The van der Waals surface area contributed by atoms with Gasteiger partial charge in [0.15, 0.2) is 0 Å². The summed E-state index contributed by atoms with van der Waals surface area (Å²) in [6.07, 6.45) is 3.14. The van der Waals surface area contributed by atoms with E-state index in [4.69, 9.17) is 17.3 Å². The molecule has 0 bridgehead atoms. The number of hydrogen-bond donors (Lipinski definition) is 2. The minimum absolute atomic E-state index is 0.739. The van der Waals surface area contributed by atoms with Crippen molar-refractivity contribution < 1.29 is 0 Å². The van der Waals surface area contributed by atoms with Gasteiger partial charge in [-0.05, 0) is 73.9 Å². The molecule has 0 aliphatic heterocycles. The number of aryl methyl sites for hydroxylation is 3. The van der Waals surface area contributed by atoms with Crippen molar-refractivity contribution >= 4 is 33.8 Å². The normalized spacial score (nSPS) is 11.5. The minimum Gasteiger partial charge on any atom is -0.353 e. The Morgan fingerprint density at radius 3 is 2.64 bits per heavy atom. The van der Waals surface area contributed by atoms with Crippen molar-refractivity contribution in [3.63, 3.8) is 0 Å². The van der Waals surface area contributed by atoms with Crippen LogP contribution in [0.2, 0.25) is 5.02 Å². The summed E-state index contributed by atoms with van der Waals surface area (Å²) in [6.45, 7) is 5.03. The van der Waals surface area contributed by atoms with Gasteiger partial charge in [-0.3, -0.25) is 0 Å². The van der Waals surface area contributed by atoms with Crippen LogP contribution in [0.5, 0.6) is 0 Å². The van der Waals surface area contributed by atoms with Gasteiger partial charge in [-0.1, -0.05) is 17.7 Å². The van der Waals surface area contributed by atoms with E-state index in [1.807, 2.05) is 6.07 Å². The molecule has 2 nitrogen and oxygen atoms in total. The van der Waals surface area contributed by atoms with Gasteiger partial charge in [0.2, 0.25) is 0 Å². The van der Waals surface area contributed by atoms with E-state index in [0.29, 0.717) is 0 Å². The molecule has 2 aromatic heterocycles. The number of nitrogens with two attached hydrogens (primary N) is 1. The Bertz CT molecular complexity index is 801. The molecular formula is C18H21ClN2S. The summed E-state index contributed by atoms with van der Waals surface area (Å²) < 4.78 is 0. The van der Waals surface area contributed by atoms with Gasteiger partial charge in [-0.2, -0.15) is 0 Å². The van der Waals surface area contributed by atoms with Gasteiger partial charge in [0.1, 0.15) is 0 Å². The summed E-state index contributed by atoms with van der Waals surface area (Å²) in [4.78, 5) is 4.95. The highest BCUT2D eigenvalue weighted by atomic mass is 35.5. The van der Waals surface area contributed by atoms with Crippen molar-refractivity contribution in [2.45, 2.75) is 33.1 Å². The van der Waals surface area contributed by atoms with Crippen molar-refractivity contribution in [3.05, 3.63) is 45.3 Å². The summed E-state index contributed by atoms with van der Waals surface area (Å²) in [5.74, 6) is 0. The third kappa shape index (κ3) is 2.69. The number of unbranched alkanes of at least 4 members (excludes halogenated alkanes) is 1. The number of aromatic amines is 1. The molecule has 0 aliphatic carbocycles. The van der Waals surface area contributed by atoms with Gasteiger partial charge in [0.05, 0.1) is 21.1 Å². The van der Waals surface area contributed by atoms with Crippen molar-refractivity contribution in [1.29, 1.82) is 0 Å². The van der Waals surface area contributed by atoms with Gasteiger partial charge < -0.3 is 10.7 Å². The molecule has 0 amide bonds. The Morgan fingerprint density at radius 2 is 1.95 bits per heavy atom. The van der Waals surface area contributed by atoms with E-state index in [2.05, 4.69) is 36.3 Å². The van der Waals surface area contributed by atoms with Crippen LogP contribution in [0.3, 0.4) is 0 Å². The van der Waals surface area contributed by atoms with Crippen molar-refractivity contribution in [3.8, 4) is 10.6 Å². The maximum atomic E-state index is 6.52. The Balaban J connectivity index is 2.22. The lowest BCUT2D eigenvalue weighted by Crippen LogP contribution is -1.99. The average Bonchev–Trinajstić information content (AvgIpc) is 3.08.